The number of hydrogen-bond acceptors (Lipinski definition) is 3. The molecule has 3 rings (SSSR count). The largest absolute Gasteiger partial charge is 0.339 e. The second-order valence-electron chi connectivity index (χ2n) is 7.57. The first-order chi connectivity index (χ1) is 13.5. The molecule has 152 valence electrons. The van der Waals surface area contributed by atoms with E-state index in [9.17, 15) is 14.4 Å². The first-order valence-electron chi connectivity index (χ1n) is 10.2. The quantitative estimate of drug-likeness (QED) is 0.830. The van der Waals surface area contributed by atoms with Gasteiger partial charge in [-0.3, -0.25) is 14.4 Å². The third-order valence-electron chi connectivity index (χ3n) is 5.39. The number of carbonyl (C=O) groups excluding carboxylic acids is 3. The topological polar surface area (TPSA) is 69.7 Å². The molecule has 0 atom stereocenters. The van der Waals surface area contributed by atoms with Crippen molar-refractivity contribution in [3.8, 4) is 0 Å². The molecular weight excluding hydrogens is 378 g/mol. The summed E-state index contributed by atoms with van der Waals surface area (Å²) in [6.45, 7) is 2.07. The fourth-order valence-electron chi connectivity index (χ4n) is 3.82. The standard InChI is InChI=1S/C21H28ClN3O3/c22-16-9-10-17(21(28)24-11-6-3-7-12-24)18(14-16)23-19(26)15-25-13-5-2-1-4-8-20(25)27/h9-10,14H,1-8,11-13,15H2,(H,23,26). The van der Waals surface area contributed by atoms with Crippen LogP contribution in [0.1, 0.15) is 61.7 Å². The van der Waals surface area contributed by atoms with Crippen LogP contribution in [0.25, 0.3) is 0 Å². The summed E-state index contributed by atoms with van der Waals surface area (Å²) < 4.78 is 0. The Balaban J connectivity index is 1.70. The van der Waals surface area contributed by atoms with Gasteiger partial charge in [0.25, 0.3) is 5.91 Å². The molecular formula is C21H28ClN3O3. The predicted octanol–water partition coefficient (Wildman–Crippen LogP) is 3.70. The van der Waals surface area contributed by atoms with Gasteiger partial charge < -0.3 is 15.1 Å². The van der Waals surface area contributed by atoms with Crippen molar-refractivity contribution in [2.24, 2.45) is 0 Å². The van der Waals surface area contributed by atoms with E-state index in [1.807, 2.05) is 4.90 Å². The van der Waals surface area contributed by atoms with E-state index < -0.39 is 0 Å². The molecule has 0 aliphatic carbocycles. The summed E-state index contributed by atoms with van der Waals surface area (Å²) in [4.78, 5) is 41.2. The van der Waals surface area contributed by atoms with Crippen molar-refractivity contribution < 1.29 is 14.4 Å². The maximum atomic E-state index is 12.9. The Kier molecular flexibility index (Phi) is 7.31. The summed E-state index contributed by atoms with van der Waals surface area (Å²) >= 11 is 6.10. The lowest BCUT2D eigenvalue weighted by atomic mass is 10.1. The molecule has 0 unspecified atom stereocenters. The van der Waals surface area contributed by atoms with E-state index in [1.54, 1.807) is 23.1 Å². The molecule has 1 N–H and O–H groups in total. The van der Waals surface area contributed by atoms with Crippen molar-refractivity contribution >= 4 is 35.0 Å². The van der Waals surface area contributed by atoms with Crippen LogP contribution < -0.4 is 5.32 Å². The molecule has 3 amide bonds. The first-order valence-corrected chi connectivity index (χ1v) is 10.6. The molecule has 1 aromatic carbocycles. The fraction of sp³-hybridized carbons (Fsp3) is 0.571. The Labute approximate surface area is 171 Å². The van der Waals surface area contributed by atoms with E-state index in [0.29, 0.717) is 29.2 Å². The number of likely N-dealkylation sites (tertiary alicyclic amines) is 2. The lowest BCUT2D eigenvalue weighted by molar-refractivity contribution is -0.135. The predicted molar refractivity (Wildman–Crippen MR) is 110 cm³/mol. The minimum absolute atomic E-state index is 0.00267. The number of anilines is 1. The molecule has 0 radical (unpaired) electrons. The van der Waals surface area contributed by atoms with Crippen LogP contribution in [0.15, 0.2) is 18.2 Å². The minimum Gasteiger partial charge on any atom is -0.339 e. The molecule has 6 nitrogen and oxygen atoms in total. The average Bonchev–Trinajstić information content (AvgIpc) is 2.68. The number of piperidine rings is 1. The highest BCUT2D eigenvalue weighted by Crippen LogP contribution is 2.24. The van der Waals surface area contributed by atoms with Crippen LogP contribution in [0, 0.1) is 0 Å². The first kappa shape index (κ1) is 20.6. The van der Waals surface area contributed by atoms with Gasteiger partial charge in [-0.1, -0.05) is 24.4 Å². The van der Waals surface area contributed by atoms with Crippen molar-refractivity contribution in [1.29, 1.82) is 0 Å². The van der Waals surface area contributed by atoms with Crippen molar-refractivity contribution in [3.05, 3.63) is 28.8 Å². The Hall–Kier alpha value is -2.08. The van der Waals surface area contributed by atoms with Gasteiger partial charge in [0.2, 0.25) is 11.8 Å². The molecule has 0 aromatic heterocycles. The SMILES string of the molecule is O=C(CN1CCCCCCC1=O)Nc1cc(Cl)ccc1C(=O)N1CCCCC1. The van der Waals surface area contributed by atoms with Crippen LogP contribution >= 0.6 is 11.6 Å². The zero-order chi connectivity index (χ0) is 19.9. The summed E-state index contributed by atoms with van der Waals surface area (Å²) in [5, 5.41) is 3.26. The lowest BCUT2D eigenvalue weighted by Gasteiger charge is -2.28. The summed E-state index contributed by atoms with van der Waals surface area (Å²) in [6.07, 6.45) is 7.55. The summed E-state index contributed by atoms with van der Waals surface area (Å²) in [7, 11) is 0. The van der Waals surface area contributed by atoms with Gasteiger partial charge in [-0.2, -0.15) is 0 Å². The number of nitrogens with zero attached hydrogens (tertiary/aromatic N) is 2. The Morgan fingerprint density at radius 2 is 1.64 bits per heavy atom. The zero-order valence-corrected chi connectivity index (χ0v) is 17.0. The Morgan fingerprint density at radius 1 is 0.964 bits per heavy atom. The van der Waals surface area contributed by atoms with Crippen molar-refractivity contribution in [2.45, 2.75) is 51.4 Å². The summed E-state index contributed by atoms with van der Waals surface area (Å²) in [5.41, 5.74) is 0.853. The molecule has 28 heavy (non-hydrogen) atoms. The van der Waals surface area contributed by atoms with Gasteiger partial charge in [0.15, 0.2) is 0 Å². The van der Waals surface area contributed by atoms with Crippen molar-refractivity contribution in [2.75, 3.05) is 31.5 Å². The second kappa shape index (κ2) is 9.92. The third-order valence-corrected chi connectivity index (χ3v) is 5.62. The fourth-order valence-corrected chi connectivity index (χ4v) is 3.99. The van der Waals surface area contributed by atoms with Crippen molar-refractivity contribution in [1.82, 2.24) is 9.80 Å². The summed E-state index contributed by atoms with van der Waals surface area (Å²) in [6, 6.07) is 4.93. The van der Waals surface area contributed by atoms with Gasteiger partial charge in [-0.15, -0.1) is 0 Å². The minimum atomic E-state index is -0.302. The molecule has 2 heterocycles. The monoisotopic (exact) mass is 405 g/mol. The van der Waals surface area contributed by atoms with E-state index >= 15 is 0 Å². The highest BCUT2D eigenvalue weighted by Gasteiger charge is 2.23. The molecule has 2 saturated heterocycles. The molecule has 0 spiro atoms. The highest BCUT2D eigenvalue weighted by atomic mass is 35.5. The third kappa shape index (κ3) is 5.47. The highest BCUT2D eigenvalue weighted by molar-refractivity contribution is 6.31. The van der Waals surface area contributed by atoms with Crippen LogP contribution in [-0.4, -0.2) is 53.7 Å². The maximum absolute atomic E-state index is 12.9. The van der Waals surface area contributed by atoms with Crippen LogP contribution in [-0.2, 0) is 9.59 Å². The number of amides is 3. The molecule has 2 aliphatic heterocycles. The Bertz CT molecular complexity index is 732. The average molecular weight is 406 g/mol. The molecule has 7 heteroatoms. The van der Waals surface area contributed by atoms with Gasteiger partial charge in [0.05, 0.1) is 17.8 Å². The number of benzene rings is 1. The van der Waals surface area contributed by atoms with Gasteiger partial charge in [0.1, 0.15) is 0 Å². The zero-order valence-electron chi connectivity index (χ0n) is 16.2. The molecule has 0 bridgehead atoms. The second-order valence-corrected chi connectivity index (χ2v) is 8.01. The van der Waals surface area contributed by atoms with E-state index in [-0.39, 0.29) is 24.3 Å². The van der Waals surface area contributed by atoms with Crippen LogP contribution in [0.5, 0.6) is 0 Å². The van der Waals surface area contributed by atoms with Crippen LogP contribution in [0.2, 0.25) is 5.02 Å². The van der Waals surface area contributed by atoms with Gasteiger partial charge in [0, 0.05) is 31.1 Å². The molecule has 0 saturated carbocycles. The number of carbonyl (C=O) groups is 3. The number of rotatable bonds is 4. The van der Waals surface area contributed by atoms with Gasteiger partial charge in [-0.25, -0.2) is 0 Å². The van der Waals surface area contributed by atoms with E-state index in [1.165, 1.54) is 0 Å². The van der Waals surface area contributed by atoms with E-state index in [2.05, 4.69) is 5.32 Å². The molecule has 1 aromatic rings. The van der Waals surface area contributed by atoms with Gasteiger partial charge >= 0.3 is 0 Å². The van der Waals surface area contributed by atoms with E-state index in [4.69, 9.17) is 11.6 Å². The van der Waals surface area contributed by atoms with E-state index in [0.717, 1.165) is 58.0 Å². The lowest BCUT2D eigenvalue weighted by Crippen LogP contribution is -2.39. The number of hydrogen-bond donors (Lipinski definition) is 1. The van der Waals surface area contributed by atoms with Crippen LogP contribution in [0.4, 0.5) is 5.69 Å². The number of halogens is 1. The number of nitrogens with one attached hydrogen (secondary N) is 1. The maximum Gasteiger partial charge on any atom is 0.255 e. The van der Waals surface area contributed by atoms with Crippen molar-refractivity contribution in [3.63, 3.8) is 0 Å². The van der Waals surface area contributed by atoms with Crippen LogP contribution in [0.3, 0.4) is 0 Å². The van der Waals surface area contributed by atoms with Gasteiger partial charge in [-0.05, 0) is 50.3 Å². The Morgan fingerprint density at radius 3 is 2.43 bits per heavy atom. The molecule has 2 fully saturated rings. The normalized spacial score (nSPS) is 18.4. The smallest absolute Gasteiger partial charge is 0.255 e. The molecule has 2 aliphatic rings. The summed E-state index contributed by atoms with van der Waals surface area (Å²) in [5.74, 6) is -0.372.